The fourth-order valence-electron chi connectivity index (χ4n) is 1.02. The first-order valence-corrected chi connectivity index (χ1v) is 4.93. The highest BCUT2D eigenvalue weighted by molar-refractivity contribution is 8.02. The van der Waals surface area contributed by atoms with Crippen LogP contribution in [-0.2, 0) is 19.1 Å². The summed E-state index contributed by atoms with van der Waals surface area (Å²) in [6, 6.07) is 0. The van der Waals surface area contributed by atoms with Crippen molar-refractivity contribution in [1.82, 2.24) is 0 Å². The van der Waals surface area contributed by atoms with Gasteiger partial charge < -0.3 is 9.47 Å². The summed E-state index contributed by atoms with van der Waals surface area (Å²) < 4.78 is 9.01. The third-order valence-electron chi connectivity index (χ3n) is 1.70. The molecule has 0 aromatic carbocycles. The van der Waals surface area contributed by atoms with E-state index in [2.05, 4.69) is 9.47 Å². The summed E-state index contributed by atoms with van der Waals surface area (Å²) in [6.45, 7) is 0. The Kier molecular flexibility index (Phi) is 3.76. The molecule has 5 heteroatoms. The number of carbonyl (C=O) groups excluding carboxylic acids is 2. The lowest BCUT2D eigenvalue weighted by atomic mass is 10.1. The summed E-state index contributed by atoms with van der Waals surface area (Å²) in [5, 5.41) is 1.82. The third kappa shape index (κ3) is 2.17. The molecule has 4 nitrogen and oxygen atoms in total. The second-order valence-electron chi connectivity index (χ2n) is 2.50. The normalized spacial score (nSPS) is 14.0. The SMILES string of the molecule is COC(=O)C(C(=O)OC)=C1C=CSC1. The highest BCUT2D eigenvalue weighted by Crippen LogP contribution is 2.23. The van der Waals surface area contributed by atoms with Crippen molar-refractivity contribution in [2.24, 2.45) is 0 Å². The maximum Gasteiger partial charge on any atom is 0.345 e. The van der Waals surface area contributed by atoms with Crippen LogP contribution in [0.3, 0.4) is 0 Å². The summed E-state index contributed by atoms with van der Waals surface area (Å²) in [5.74, 6) is -0.711. The molecule has 0 saturated carbocycles. The Hall–Kier alpha value is -1.23. The number of thioether (sulfide) groups is 1. The Morgan fingerprint density at radius 2 is 1.86 bits per heavy atom. The van der Waals surface area contributed by atoms with Crippen LogP contribution < -0.4 is 0 Å². The average molecular weight is 214 g/mol. The van der Waals surface area contributed by atoms with E-state index in [9.17, 15) is 9.59 Å². The maximum absolute atomic E-state index is 11.3. The van der Waals surface area contributed by atoms with Gasteiger partial charge in [-0.15, -0.1) is 11.8 Å². The molecule has 0 radical (unpaired) electrons. The van der Waals surface area contributed by atoms with Gasteiger partial charge >= 0.3 is 11.9 Å². The first-order valence-electron chi connectivity index (χ1n) is 3.88. The van der Waals surface area contributed by atoms with Gasteiger partial charge in [-0.25, -0.2) is 9.59 Å². The van der Waals surface area contributed by atoms with Crippen molar-refractivity contribution < 1.29 is 19.1 Å². The zero-order chi connectivity index (χ0) is 10.6. The van der Waals surface area contributed by atoms with E-state index in [1.54, 1.807) is 6.08 Å². The molecule has 1 aliphatic rings. The molecule has 0 aromatic heterocycles. The molecular weight excluding hydrogens is 204 g/mol. The quantitative estimate of drug-likeness (QED) is 0.296. The highest BCUT2D eigenvalue weighted by atomic mass is 32.2. The molecule has 0 bridgehead atoms. The van der Waals surface area contributed by atoms with E-state index < -0.39 is 11.9 Å². The molecule has 1 rings (SSSR count). The van der Waals surface area contributed by atoms with Gasteiger partial charge in [0, 0.05) is 5.75 Å². The van der Waals surface area contributed by atoms with E-state index in [0.29, 0.717) is 11.3 Å². The van der Waals surface area contributed by atoms with Crippen LogP contribution in [0.1, 0.15) is 0 Å². The minimum atomic E-state index is -0.654. The predicted octanol–water partition coefficient (Wildman–Crippen LogP) is 0.889. The van der Waals surface area contributed by atoms with Crippen molar-refractivity contribution in [2.75, 3.05) is 20.0 Å². The van der Waals surface area contributed by atoms with Gasteiger partial charge in [-0.05, 0) is 11.0 Å². The smallest absolute Gasteiger partial charge is 0.345 e. The number of esters is 2. The molecule has 76 valence electrons. The molecule has 0 spiro atoms. The minimum Gasteiger partial charge on any atom is -0.465 e. The van der Waals surface area contributed by atoms with Crippen molar-refractivity contribution in [3.05, 3.63) is 22.6 Å². The van der Waals surface area contributed by atoms with Gasteiger partial charge in [0.1, 0.15) is 5.57 Å². The summed E-state index contributed by atoms with van der Waals surface area (Å²) >= 11 is 1.51. The van der Waals surface area contributed by atoms with Crippen LogP contribution in [0.4, 0.5) is 0 Å². The van der Waals surface area contributed by atoms with Gasteiger partial charge in [0.15, 0.2) is 0 Å². The van der Waals surface area contributed by atoms with Crippen molar-refractivity contribution >= 4 is 23.7 Å². The number of ether oxygens (including phenoxy) is 2. The fourth-order valence-corrected chi connectivity index (χ4v) is 1.80. The fraction of sp³-hybridized carbons (Fsp3) is 0.333. The molecular formula is C9H10O4S. The molecule has 0 aliphatic carbocycles. The molecule has 0 saturated heterocycles. The average Bonchev–Trinajstić information content (AvgIpc) is 2.70. The van der Waals surface area contributed by atoms with Crippen molar-refractivity contribution in [3.8, 4) is 0 Å². The van der Waals surface area contributed by atoms with E-state index >= 15 is 0 Å². The lowest BCUT2D eigenvalue weighted by Crippen LogP contribution is -2.18. The van der Waals surface area contributed by atoms with Gasteiger partial charge in [-0.1, -0.05) is 6.08 Å². The second-order valence-corrected chi connectivity index (χ2v) is 3.39. The molecule has 0 amide bonds. The van der Waals surface area contributed by atoms with Crippen LogP contribution in [0.2, 0.25) is 0 Å². The Bertz CT molecular complexity index is 299. The number of hydrogen-bond donors (Lipinski definition) is 0. The van der Waals surface area contributed by atoms with E-state index in [1.165, 1.54) is 26.0 Å². The summed E-state index contributed by atoms with van der Waals surface area (Å²) in [5.41, 5.74) is 0.630. The standard InChI is InChI=1S/C9H10O4S/c1-12-8(10)7(9(11)13-2)6-3-4-14-5-6/h3-4H,5H2,1-2H3. The van der Waals surface area contributed by atoms with E-state index in [1.807, 2.05) is 5.41 Å². The number of rotatable bonds is 2. The largest absolute Gasteiger partial charge is 0.465 e. The van der Waals surface area contributed by atoms with Crippen molar-refractivity contribution in [2.45, 2.75) is 0 Å². The first kappa shape index (κ1) is 10.8. The van der Waals surface area contributed by atoms with Gasteiger partial charge in [-0.2, -0.15) is 0 Å². The molecule has 0 N–H and O–H groups in total. The van der Waals surface area contributed by atoms with Gasteiger partial charge in [0.2, 0.25) is 0 Å². The molecule has 0 atom stereocenters. The van der Waals surface area contributed by atoms with Crippen LogP contribution >= 0.6 is 11.8 Å². The summed E-state index contributed by atoms with van der Waals surface area (Å²) in [7, 11) is 2.47. The molecule has 0 fully saturated rings. The Labute approximate surface area is 85.9 Å². The highest BCUT2D eigenvalue weighted by Gasteiger charge is 2.24. The predicted molar refractivity (Wildman–Crippen MR) is 52.7 cm³/mol. The van der Waals surface area contributed by atoms with Crippen molar-refractivity contribution in [1.29, 1.82) is 0 Å². The van der Waals surface area contributed by atoms with E-state index in [4.69, 9.17) is 0 Å². The van der Waals surface area contributed by atoms with Crippen LogP contribution in [0.25, 0.3) is 0 Å². The number of allylic oxidation sites excluding steroid dienone is 1. The number of methoxy groups -OCH3 is 2. The first-order chi connectivity index (χ1) is 6.70. The summed E-state index contributed by atoms with van der Waals surface area (Å²) in [6.07, 6.45) is 1.72. The van der Waals surface area contributed by atoms with Gasteiger partial charge in [0.05, 0.1) is 14.2 Å². The lowest BCUT2D eigenvalue weighted by molar-refractivity contribution is -0.144. The molecule has 0 aromatic rings. The Morgan fingerprint density at radius 1 is 1.29 bits per heavy atom. The second kappa shape index (κ2) is 4.85. The number of hydrogen-bond acceptors (Lipinski definition) is 5. The Balaban J connectivity index is 3.03. The van der Waals surface area contributed by atoms with Gasteiger partial charge in [0.25, 0.3) is 0 Å². The van der Waals surface area contributed by atoms with Crippen molar-refractivity contribution in [3.63, 3.8) is 0 Å². The van der Waals surface area contributed by atoms with E-state index in [0.717, 1.165) is 0 Å². The monoisotopic (exact) mass is 214 g/mol. The van der Waals surface area contributed by atoms with Crippen LogP contribution in [0, 0.1) is 0 Å². The molecule has 1 heterocycles. The van der Waals surface area contributed by atoms with Crippen LogP contribution in [0.15, 0.2) is 22.6 Å². The maximum atomic E-state index is 11.3. The van der Waals surface area contributed by atoms with Crippen LogP contribution in [-0.4, -0.2) is 31.9 Å². The molecule has 1 aliphatic heterocycles. The Morgan fingerprint density at radius 3 is 2.21 bits per heavy atom. The van der Waals surface area contributed by atoms with Gasteiger partial charge in [-0.3, -0.25) is 0 Å². The van der Waals surface area contributed by atoms with E-state index in [-0.39, 0.29) is 5.57 Å². The third-order valence-corrected chi connectivity index (χ3v) is 2.51. The topological polar surface area (TPSA) is 52.6 Å². The van der Waals surface area contributed by atoms with Crippen LogP contribution in [0.5, 0.6) is 0 Å². The zero-order valence-electron chi connectivity index (χ0n) is 7.90. The molecule has 14 heavy (non-hydrogen) atoms. The zero-order valence-corrected chi connectivity index (χ0v) is 8.72. The molecule has 0 unspecified atom stereocenters. The summed E-state index contributed by atoms with van der Waals surface area (Å²) in [4.78, 5) is 22.6. The lowest BCUT2D eigenvalue weighted by Gasteiger charge is -2.05. The number of carbonyl (C=O) groups is 2. The minimum absolute atomic E-state index is 0.0174.